The van der Waals surface area contributed by atoms with Crippen LogP contribution in [0.5, 0.6) is 5.75 Å². The first-order valence-electron chi connectivity index (χ1n) is 21.2. The third-order valence-electron chi connectivity index (χ3n) is 10.7. The van der Waals surface area contributed by atoms with Crippen molar-refractivity contribution in [2.75, 3.05) is 25.2 Å². The van der Waals surface area contributed by atoms with Crippen molar-refractivity contribution in [3.8, 4) is 5.75 Å². The molecule has 0 unspecified atom stereocenters. The number of ether oxygens (including phenoxy) is 1. The first-order chi connectivity index (χ1) is 28.8. The van der Waals surface area contributed by atoms with Crippen LogP contribution in [0.15, 0.2) is 72.8 Å². The van der Waals surface area contributed by atoms with E-state index >= 15 is 0 Å². The number of halogens is 1. The molecule has 1 aliphatic heterocycles. The zero-order chi connectivity index (χ0) is 44.0. The van der Waals surface area contributed by atoms with E-state index in [1.165, 1.54) is 31.4 Å². The van der Waals surface area contributed by atoms with Crippen molar-refractivity contribution in [3.63, 3.8) is 0 Å². The zero-order valence-electron chi connectivity index (χ0n) is 35.2. The normalized spacial score (nSPS) is 17.3. The Labute approximate surface area is 353 Å². The van der Waals surface area contributed by atoms with Crippen LogP contribution in [-0.4, -0.2) is 93.0 Å². The lowest BCUT2D eigenvalue weighted by Gasteiger charge is -2.48. The predicted molar refractivity (Wildman–Crippen MR) is 227 cm³/mol. The molecular weight excluding hydrogens is 774 g/mol. The molecule has 1 fully saturated rings. The van der Waals surface area contributed by atoms with Crippen molar-refractivity contribution in [2.24, 2.45) is 5.92 Å². The molecule has 0 radical (unpaired) electrons. The van der Waals surface area contributed by atoms with Crippen molar-refractivity contribution >= 4 is 23.4 Å². The van der Waals surface area contributed by atoms with Crippen LogP contribution >= 0.6 is 0 Å². The molecule has 0 bridgehead atoms. The summed E-state index contributed by atoms with van der Waals surface area (Å²) in [6.45, 7) is 3.70. The van der Waals surface area contributed by atoms with Crippen molar-refractivity contribution in [2.45, 2.75) is 134 Å². The highest BCUT2D eigenvalue weighted by Gasteiger charge is 2.48. The Kier molecular flexibility index (Phi) is 22.2. The Morgan fingerprint density at radius 3 is 1.95 bits per heavy atom. The molecule has 0 spiro atoms. The van der Waals surface area contributed by atoms with E-state index in [2.05, 4.69) is 24.5 Å². The molecule has 1 aliphatic rings. The average Bonchev–Trinajstić information content (AvgIpc) is 3.27. The molecule has 1 heterocycles. The molecule has 4 rings (SSSR count). The van der Waals surface area contributed by atoms with Crippen LogP contribution in [0, 0.1) is 11.7 Å². The summed E-state index contributed by atoms with van der Waals surface area (Å²) >= 11 is 0. The number of carbonyl (C=O) groups is 3. The van der Waals surface area contributed by atoms with Crippen LogP contribution in [-0.2, 0) is 20.9 Å². The van der Waals surface area contributed by atoms with Crippen LogP contribution in [0.25, 0.3) is 0 Å². The number of amides is 3. The molecule has 3 aromatic carbocycles. The van der Waals surface area contributed by atoms with Crippen LogP contribution in [0.4, 0.5) is 10.1 Å². The van der Waals surface area contributed by atoms with E-state index in [-0.39, 0.29) is 42.0 Å². The number of nitrogens with zero attached hydrogens (tertiary/aromatic N) is 1. The van der Waals surface area contributed by atoms with Gasteiger partial charge >= 0.3 is 0 Å². The lowest BCUT2D eigenvalue weighted by atomic mass is 9.78. The Morgan fingerprint density at radius 1 is 0.750 bits per heavy atom. The van der Waals surface area contributed by atoms with E-state index in [1.54, 1.807) is 24.1 Å². The fourth-order valence-corrected chi connectivity index (χ4v) is 6.95. The summed E-state index contributed by atoms with van der Waals surface area (Å²) in [4.78, 5) is 38.7. The lowest BCUT2D eigenvalue weighted by molar-refractivity contribution is -0.131. The number of methoxy groups -OCH3 is 1. The summed E-state index contributed by atoms with van der Waals surface area (Å²) in [5, 5.41) is 62.5. The van der Waals surface area contributed by atoms with Gasteiger partial charge in [-0.1, -0.05) is 88.8 Å². The highest BCUT2D eigenvalue weighted by molar-refractivity contribution is 6.03. The number of rotatable bonds is 25. The number of hydrogen-bond acceptors (Lipinski definition) is 10. The van der Waals surface area contributed by atoms with Crippen molar-refractivity contribution in [1.29, 1.82) is 0 Å². The number of unbranched alkanes of at least 4 members (excludes halogenated alkanes) is 6. The molecule has 14 heteroatoms. The van der Waals surface area contributed by atoms with Crippen molar-refractivity contribution in [1.82, 2.24) is 10.6 Å². The number of nitrogens with one attached hydrogen (secondary N) is 2. The maximum Gasteiger partial charge on any atom is 0.233 e. The average molecular weight is 840 g/mol. The van der Waals surface area contributed by atoms with Crippen LogP contribution < -0.4 is 20.3 Å². The summed E-state index contributed by atoms with van der Waals surface area (Å²) in [6.07, 6.45) is 3.00. The van der Waals surface area contributed by atoms with Gasteiger partial charge in [0.15, 0.2) is 0 Å². The minimum atomic E-state index is -1.67. The van der Waals surface area contributed by atoms with Crippen LogP contribution in [0.3, 0.4) is 0 Å². The zero-order valence-corrected chi connectivity index (χ0v) is 35.2. The SMILES string of the molecule is CCCCC(=O)NCc1ccc(N2C(=O)[C@H](CC[C@H](O)c3ccc(F)cc3)[C@H]2c2ccc(OC)cc2)cc1.CCCCCCCCC(=O)NC[C@H](O)[C@@H](O)[C@H](O)[C@H](O)CO. The number of aliphatic hydroxyl groups is 6. The smallest absolute Gasteiger partial charge is 0.233 e. The largest absolute Gasteiger partial charge is 0.497 e. The molecule has 3 aromatic rings. The second-order valence-corrected chi connectivity index (χ2v) is 15.3. The van der Waals surface area contributed by atoms with E-state index in [4.69, 9.17) is 14.9 Å². The number of benzene rings is 3. The maximum absolute atomic E-state index is 13.4. The lowest BCUT2D eigenvalue weighted by Crippen LogP contribution is -2.55. The molecule has 3 amide bonds. The Balaban J connectivity index is 0.000000375. The van der Waals surface area contributed by atoms with Gasteiger partial charge in [-0.25, -0.2) is 4.39 Å². The Hall–Kier alpha value is -4.44. The van der Waals surface area contributed by atoms with Gasteiger partial charge in [0.25, 0.3) is 0 Å². The molecule has 0 saturated carbocycles. The molecule has 7 atom stereocenters. The van der Waals surface area contributed by atoms with Gasteiger partial charge in [0, 0.05) is 31.6 Å². The second kappa shape index (κ2) is 26.7. The Morgan fingerprint density at radius 2 is 1.33 bits per heavy atom. The summed E-state index contributed by atoms with van der Waals surface area (Å²) in [5.41, 5.74) is 3.37. The standard InChI is InChI=1S/C31H35FN2O4.C15H31NO6/c1-3-4-5-29(36)33-20-21-6-14-25(15-7-21)34-30(23-10-16-26(38-2)17-11-23)27(31(34)37)18-19-28(35)22-8-12-24(32)13-9-22;1-2-3-4-5-6-7-8-13(20)16-9-11(18)14(21)15(22)12(19)10-17/h6-17,27-28,30,35H,3-5,18-20H2,1-2H3,(H,33,36);11-12,14-15,17-19,21-22H,2-10H2,1H3,(H,16,20)/t27-,28+,30-;11-,12+,14+,15+/m10/s1. The summed E-state index contributed by atoms with van der Waals surface area (Å²) < 4.78 is 18.6. The number of β-lactam (4-membered cyclic amide) rings is 1. The summed E-state index contributed by atoms with van der Waals surface area (Å²) in [6, 6.07) is 21.0. The molecule has 0 aliphatic carbocycles. The molecule has 332 valence electrons. The molecule has 60 heavy (non-hydrogen) atoms. The van der Waals surface area contributed by atoms with Gasteiger partial charge in [-0.2, -0.15) is 0 Å². The maximum atomic E-state index is 13.4. The van der Waals surface area contributed by atoms with E-state index in [0.717, 1.165) is 54.7 Å². The van der Waals surface area contributed by atoms with E-state index in [0.29, 0.717) is 37.8 Å². The number of carbonyl (C=O) groups excluding carboxylic acids is 3. The van der Waals surface area contributed by atoms with Crippen molar-refractivity contribution < 1.29 is 54.2 Å². The molecule has 8 N–H and O–H groups in total. The first kappa shape index (κ1) is 49.9. The van der Waals surface area contributed by atoms with Gasteiger partial charge in [-0.05, 0) is 78.8 Å². The molecule has 1 saturated heterocycles. The predicted octanol–water partition coefficient (Wildman–Crippen LogP) is 5.15. The van der Waals surface area contributed by atoms with Gasteiger partial charge in [-0.15, -0.1) is 0 Å². The van der Waals surface area contributed by atoms with Gasteiger partial charge < -0.3 is 50.9 Å². The van der Waals surface area contributed by atoms with Gasteiger partial charge in [-0.3, -0.25) is 14.4 Å². The Bertz CT molecular complexity index is 1700. The van der Waals surface area contributed by atoms with Crippen LogP contribution in [0.1, 0.15) is 120 Å². The fraction of sp³-hybridized carbons (Fsp3) is 0.543. The van der Waals surface area contributed by atoms with Gasteiger partial charge in [0.1, 0.15) is 29.9 Å². The minimum Gasteiger partial charge on any atom is -0.497 e. The van der Waals surface area contributed by atoms with Gasteiger partial charge in [0.2, 0.25) is 17.7 Å². The minimum absolute atomic E-state index is 0.00209. The quantitative estimate of drug-likeness (QED) is 0.0416. The topological polar surface area (TPSA) is 209 Å². The summed E-state index contributed by atoms with van der Waals surface area (Å²) in [7, 11) is 1.61. The van der Waals surface area contributed by atoms with Crippen LogP contribution in [0.2, 0.25) is 0 Å². The van der Waals surface area contributed by atoms with Crippen molar-refractivity contribution in [3.05, 3.63) is 95.3 Å². The monoisotopic (exact) mass is 839 g/mol. The third-order valence-corrected chi connectivity index (χ3v) is 10.7. The number of hydrogen-bond donors (Lipinski definition) is 8. The first-order valence-corrected chi connectivity index (χ1v) is 21.2. The third kappa shape index (κ3) is 15.9. The highest BCUT2D eigenvalue weighted by Crippen LogP contribution is 2.46. The van der Waals surface area contributed by atoms with E-state index in [9.17, 15) is 39.2 Å². The molecule has 13 nitrogen and oxygen atoms in total. The summed E-state index contributed by atoms with van der Waals surface area (Å²) in [5.74, 6) is -0.0958. The fourth-order valence-electron chi connectivity index (χ4n) is 6.95. The van der Waals surface area contributed by atoms with E-state index < -0.39 is 37.1 Å². The molecular formula is C46H66FN3O10. The number of anilines is 1. The molecule has 0 aromatic heterocycles. The number of aliphatic hydroxyl groups excluding tert-OH is 6. The van der Waals surface area contributed by atoms with Gasteiger partial charge in [0.05, 0.1) is 37.9 Å². The highest BCUT2D eigenvalue weighted by atomic mass is 19.1. The second-order valence-electron chi connectivity index (χ2n) is 15.3. The van der Waals surface area contributed by atoms with E-state index in [1.807, 2.05) is 48.5 Å².